The first-order valence-corrected chi connectivity index (χ1v) is 6.32. The van der Waals surface area contributed by atoms with Crippen LogP contribution in [0.1, 0.15) is 32.6 Å². The fourth-order valence-electron chi connectivity index (χ4n) is 2.11. The Morgan fingerprint density at radius 3 is 2.73 bits per heavy atom. The number of hydrogen-bond acceptors (Lipinski definition) is 3. The lowest BCUT2D eigenvalue weighted by atomic mass is 10.1. The predicted molar refractivity (Wildman–Crippen MR) is 60.0 cm³/mol. The summed E-state index contributed by atoms with van der Waals surface area (Å²) in [4.78, 5) is 2.29. The highest BCUT2D eigenvalue weighted by atomic mass is 35.5. The highest BCUT2D eigenvalue weighted by Crippen LogP contribution is 2.46. The first-order chi connectivity index (χ1) is 7.26. The summed E-state index contributed by atoms with van der Waals surface area (Å²) in [7, 11) is 0. The zero-order valence-corrected chi connectivity index (χ0v) is 10.1. The second-order valence-corrected chi connectivity index (χ2v) is 5.00. The molecular formula is C11H20ClNO2. The Morgan fingerprint density at radius 1 is 1.33 bits per heavy atom. The lowest BCUT2D eigenvalue weighted by molar-refractivity contribution is 0.0161. The molecule has 0 N–H and O–H groups in total. The summed E-state index contributed by atoms with van der Waals surface area (Å²) < 4.78 is 10.9. The summed E-state index contributed by atoms with van der Waals surface area (Å²) in [5.41, 5.74) is 0. The number of ether oxygens (including phenoxy) is 2. The molecule has 2 rings (SSSR count). The average molecular weight is 234 g/mol. The van der Waals surface area contributed by atoms with Crippen LogP contribution < -0.4 is 0 Å². The number of epoxide rings is 1. The Kier molecular flexibility index (Phi) is 3.88. The quantitative estimate of drug-likeness (QED) is 0.414. The normalized spacial score (nSPS) is 36.8. The van der Waals surface area contributed by atoms with Gasteiger partial charge in [-0.1, -0.05) is 31.4 Å². The fraction of sp³-hybridized carbons (Fsp3) is 1.00. The number of unbranched alkanes of at least 4 members (excludes halogenated alkanes) is 2. The van der Waals surface area contributed by atoms with E-state index in [2.05, 4.69) is 11.8 Å². The van der Waals surface area contributed by atoms with Gasteiger partial charge in [0.1, 0.15) is 0 Å². The van der Waals surface area contributed by atoms with Gasteiger partial charge in [-0.3, -0.25) is 4.90 Å². The van der Waals surface area contributed by atoms with Crippen LogP contribution in [-0.2, 0) is 9.47 Å². The van der Waals surface area contributed by atoms with Gasteiger partial charge in [0, 0.05) is 13.1 Å². The van der Waals surface area contributed by atoms with E-state index >= 15 is 0 Å². The van der Waals surface area contributed by atoms with Crippen molar-refractivity contribution >= 4 is 11.6 Å². The molecule has 0 bridgehead atoms. The van der Waals surface area contributed by atoms with Crippen molar-refractivity contribution < 1.29 is 9.47 Å². The largest absolute Gasteiger partial charge is 0.379 e. The van der Waals surface area contributed by atoms with Crippen molar-refractivity contribution in [1.82, 2.24) is 4.90 Å². The second-order valence-electron chi connectivity index (χ2n) is 4.36. The minimum atomic E-state index is -0.382. The minimum Gasteiger partial charge on any atom is -0.379 e. The zero-order valence-electron chi connectivity index (χ0n) is 9.38. The molecular weight excluding hydrogens is 214 g/mol. The van der Waals surface area contributed by atoms with E-state index in [1.165, 1.54) is 19.3 Å². The van der Waals surface area contributed by atoms with E-state index in [0.29, 0.717) is 0 Å². The maximum Gasteiger partial charge on any atom is 0.183 e. The lowest BCUT2D eigenvalue weighted by Gasteiger charge is -2.25. The Labute approximate surface area is 96.7 Å². The van der Waals surface area contributed by atoms with Gasteiger partial charge in [0.25, 0.3) is 0 Å². The molecule has 2 atom stereocenters. The van der Waals surface area contributed by atoms with E-state index in [0.717, 1.165) is 32.7 Å². The van der Waals surface area contributed by atoms with Crippen LogP contribution in [0.5, 0.6) is 0 Å². The standard InChI is InChI=1S/C11H20ClNO2/c1-2-3-4-5-11(12)10(15-11)13-6-8-14-9-7-13/h10H,2-9H2,1H3. The van der Waals surface area contributed by atoms with Gasteiger partial charge in [-0.2, -0.15) is 0 Å². The van der Waals surface area contributed by atoms with Gasteiger partial charge in [-0.25, -0.2) is 0 Å². The molecule has 0 aromatic rings. The van der Waals surface area contributed by atoms with Gasteiger partial charge in [0.2, 0.25) is 0 Å². The number of halogens is 1. The van der Waals surface area contributed by atoms with Crippen molar-refractivity contribution in [3.8, 4) is 0 Å². The Bertz CT molecular complexity index is 209. The molecule has 2 saturated heterocycles. The van der Waals surface area contributed by atoms with Gasteiger partial charge < -0.3 is 9.47 Å². The van der Waals surface area contributed by atoms with E-state index in [4.69, 9.17) is 21.1 Å². The molecule has 2 unspecified atom stereocenters. The molecule has 4 heteroatoms. The first kappa shape index (κ1) is 11.6. The molecule has 0 aliphatic carbocycles. The molecule has 88 valence electrons. The van der Waals surface area contributed by atoms with E-state index < -0.39 is 0 Å². The van der Waals surface area contributed by atoms with Crippen LogP contribution in [0.3, 0.4) is 0 Å². The van der Waals surface area contributed by atoms with Crippen molar-refractivity contribution in [3.63, 3.8) is 0 Å². The van der Waals surface area contributed by atoms with Crippen molar-refractivity contribution in [2.45, 2.75) is 43.9 Å². The molecule has 0 aromatic carbocycles. The van der Waals surface area contributed by atoms with Gasteiger partial charge in [-0.05, 0) is 12.8 Å². The average Bonchev–Trinajstić information content (AvgIpc) is 2.93. The number of alkyl halides is 1. The van der Waals surface area contributed by atoms with Gasteiger partial charge in [0.15, 0.2) is 11.3 Å². The molecule has 2 heterocycles. The molecule has 3 nitrogen and oxygen atoms in total. The summed E-state index contributed by atoms with van der Waals surface area (Å²) >= 11 is 6.37. The third-order valence-corrected chi connectivity index (χ3v) is 3.58. The monoisotopic (exact) mass is 233 g/mol. The molecule has 0 radical (unpaired) electrons. The molecule has 0 saturated carbocycles. The third-order valence-electron chi connectivity index (χ3n) is 3.12. The van der Waals surface area contributed by atoms with E-state index in [1.54, 1.807) is 0 Å². The maximum atomic E-state index is 6.37. The summed E-state index contributed by atoms with van der Waals surface area (Å²) in [5, 5.41) is -0.382. The second kappa shape index (κ2) is 5.00. The van der Waals surface area contributed by atoms with Gasteiger partial charge >= 0.3 is 0 Å². The Morgan fingerprint density at radius 2 is 2.07 bits per heavy atom. The zero-order chi connectivity index (χ0) is 10.7. The van der Waals surface area contributed by atoms with Crippen LogP contribution in [-0.4, -0.2) is 42.5 Å². The van der Waals surface area contributed by atoms with Crippen LogP contribution in [0, 0.1) is 0 Å². The van der Waals surface area contributed by atoms with Gasteiger partial charge in [0.05, 0.1) is 13.2 Å². The SMILES string of the molecule is CCCCCC1(Cl)OC1N1CCOCC1. The van der Waals surface area contributed by atoms with Crippen molar-refractivity contribution in [2.24, 2.45) is 0 Å². The molecule has 0 amide bonds. The molecule has 2 aliphatic heterocycles. The fourth-order valence-corrected chi connectivity index (χ4v) is 2.47. The van der Waals surface area contributed by atoms with Crippen LogP contribution in [0.25, 0.3) is 0 Å². The van der Waals surface area contributed by atoms with Crippen LogP contribution in [0.4, 0.5) is 0 Å². The highest BCUT2D eigenvalue weighted by Gasteiger charge is 2.57. The number of hydrogen-bond donors (Lipinski definition) is 0. The van der Waals surface area contributed by atoms with E-state index in [-0.39, 0.29) is 11.3 Å². The summed E-state index contributed by atoms with van der Waals surface area (Å²) in [6, 6.07) is 0. The molecule has 0 spiro atoms. The summed E-state index contributed by atoms with van der Waals surface area (Å²) in [5.74, 6) is 0. The number of rotatable bonds is 5. The minimum absolute atomic E-state index is 0.139. The smallest absolute Gasteiger partial charge is 0.183 e. The maximum absolute atomic E-state index is 6.37. The molecule has 2 aliphatic rings. The Hall–Kier alpha value is 0.170. The van der Waals surface area contributed by atoms with Crippen LogP contribution in [0.15, 0.2) is 0 Å². The van der Waals surface area contributed by atoms with E-state index in [9.17, 15) is 0 Å². The van der Waals surface area contributed by atoms with E-state index in [1.807, 2.05) is 0 Å². The van der Waals surface area contributed by atoms with Crippen molar-refractivity contribution in [2.75, 3.05) is 26.3 Å². The summed E-state index contributed by atoms with van der Waals surface area (Å²) in [6.45, 7) is 5.72. The predicted octanol–water partition coefficient (Wildman–Crippen LogP) is 2.19. The number of nitrogens with zero attached hydrogens (tertiary/aromatic N) is 1. The first-order valence-electron chi connectivity index (χ1n) is 5.95. The number of morpholine rings is 1. The van der Waals surface area contributed by atoms with Crippen molar-refractivity contribution in [1.29, 1.82) is 0 Å². The topological polar surface area (TPSA) is 25.0 Å². The molecule has 0 aromatic heterocycles. The molecule has 2 fully saturated rings. The summed E-state index contributed by atoms with van der Waals surface area (Å²) in [6.07, 6.45) is 4.76. The van der Waals surface area contributed by atoms with Crippen molar-refractivity contribution in [3.05, 3.63) is 0 Å². The van der Waals surface area contributed by atoms with Gasteiger partial charge in [-0.15, -0.1) is 0 Å². The van der Waals surface area contributed by atoms with Crippen LogP contribution in [0.2, 0.25) is 0 Å². The lowest BCUT2D eigenvalue weighted by Crippen LogP contribution is -2.40. The molecule has 15 heavy (non-hydrogen) atoms. The Balaban J connectivity index is 1.72. The van der Waals surface area contributed by atoms with Crippen LogP contribution >= 0.6 is 11.6 Å². The third kappa shape index (κ3) is 2.84. The highest BCUT2D eigenvalue weighted by molar-refractivity contribution is 6.24.